The minimum atomic E-state index is -4.67. The van der Waals surface area contributed by atoms with Crippen LogP contribution in [-0.4, -0.2) is 22.5 Å². The summed E-state index contributed by atoms with van der Waals surface area (Å²) in [4.78, 5) is 36.1. The van der Waals surface area contributed by atoms with E-state index in [9.17, 15) is 27.6 Å². The van der Waals surface area contributed by atoms with Gasteiger partial charge in [0.2, 0.25) is 0 Å². The smallest absolute Gasteiger partial charge is 0.417 e. The Hall–Kier alpha value is -4.08. The lowest BCUT2D eigenvalue weighted by molar-refractivity contribution is -0.154. The van der Waals surface area contributed by atoms with Crippen LogP contribution in [0.2, 0.25) is 0 Å². The molecule has 33 heavy (non-hydrogen) atoms. The van der Waals surface area contributed by atoms with Gasteiger partial charge in [-0.25, -0.2) is 0 Å². The van der Waals surface area contributed by atoms with Crippen LogP contribution >= 0.6 is 0 Å². The third-order valence-electron chi connectivity index (χ3n) is 4.39. The summed E-state index contributed by atoms with van der Waals surface area (Å²) in [5, 5.41) is 2.55. The normalized spacial score (nSPS) is 12.0. The van der Waals surface area contributed by atoms with Crippen LogP contribution in [0.5, 0.6) is 11.5 Å². The number of nitrogens with zero attached hydrogens (tertiary/aromatic N) is 1. The number of ether oxygens (including phenoxy) is 2. The minimum Gasteiger partial charge on any atom is -0.457 e. The number of carbonyl (C=O) groups is 2. The van der Waals surface area contributed by atoms with Crippen molar-refractivity contribution >= 4 is 17.6 Å². The van der Waals surface area contributed by atoms with Gasteiger partial charge < -0.3 is 19.4 Å². The van der Waals surface area contributed by atoms with Gasteiger partial charge in [0.15, 0.2) is 6.10 Å². The number of nitrogens with one attached hydrogen (secondary N) is 1. The molecule has 0 radical (unpaired) electrons. The lowest BCUT2D eigenvalue weighted by atomic mass is 10.2. The second-order valence-electron chi connectivity index (χ2n) is 6.94. The van der Waals surface area contributed by atoms with Crippen LogP contribution in [0, 0.1) is 0 Å². The molecule has 0 saturated heterocycles. The average Bonchev–Trinajstić information content (AvgIpc) is 2.76. The molecule has 0 bridgehead atoms. The van der Waals surface area contributed by atoms with Crippen molar-refractivity contribution in [3.63, 3.8) is 0 Å². The number of rotatable bonds is 7. The summed E-state index contributed by atoms with van der Waals surface area (Å²) in [5.41, 5.74) is -1.48. The van der Waals surface area contributed by atoms with Gasteiger partial charge >= 0.3 is 12.1 Å². The van der Waals surface area contributed by atoms with Gasteiger partial charge in [-0.1, -0.05) is 18.2 Å². The van der Waals surface area contributed by atoms with Crippen molar-refractivity contribution in [3.05, 3.63) is 88.8 Å². The summed E-state index contributed by atoms with van der Waals surface area (Å²) in [7, 11) is 0. The van der Waals surface area contributed by atoms with Crippen LogP contribution in [-0.2, 0) is 27.0 Å². The molecule has 10 heteroatoms. The van der Waals surface area contributed by atoms with Gasteiger partial charge in [0.05, 0.1) is 5.56 Å². The topological polar surface area (TPSA) is 86.6 Å². The molecule has 1 amide bonds. The van der Waals surface area contributed by atoms with Crippen molar-refractivity contribution in [3.8, 4) is 11.5 Å². The van der Waals surface area contributed by atoms with Crippen LogP contribution in [0.15, 0.2) is 77.7 Å². The first-order chi connectivity index (χ1) is 15.6. The Morgan fingerprint density at radius 1 is 0.970 bits per heavy atom. The molecule has 1 heterocycles. The van der Waals surface area contributed by atoms with Crippen LogP contribution in [0.1, 0.15) is 12.5 Å². The number of aromatic nitrogens is 1. The predicted octanol–water partition coefficient (Wildman–Crippen LogP) is 4.23. The molecule has 0 aliphatic carbocycles. The number of halogens is 3. The number of carbonyl (C=O) groups excluding carboxylic acids is 2. The summed E-state index contributed by atoms with van der Waals surface area (Å²) in [6, 6.07) is 16.9. The summed E-state index contributed by atoms with van der Waals surface area (Å²) in [6.07, 6.45) is -5.40. The molecular formula is C23H19F3N2O5. The molecule has 1 unspecified atom stereocenters. The second kappa shape index (κ2) is 10.0. The highest BCUT2D eigenvalue weighted by Crippen LogP contribution is 2.28. The fourth-order valence-corrected chi connectivity index (χ4v) is 2.72. The average molecular weight is 460 g/mol. The lowest BCUT2D eigenvalue weighted by Gasteiger charge is -2.15. The van der Waals surface area contributed by atoms with Gasteiger partial charge in [-0.2, -0.15) is 13.2 Å². The molecule has 3 rings (SSSR count). The van der Waals surface area contributed by atoms with E-state index < -0.39 is 41.8 Å². The highest BCUT2D eigenvalue weighted by molar-refractivity contribution is 5.95. The van der Waals surface area contributed by atoms with E-state index in [0.717, 1.165) is 0 Å². The van der Waals surface area contributed by atoms with Gasteiger partial charge in [0.1, 0.15) is 18.0 Å². The first kappa shape index (κ1) is 23.6. The monoisotopic (exact) mass is 460 g/mol. The van der Waals surface area contributed by atoms with Crippen molar-refractivity contribution in [2.24, 2.45) is 0 Å². The van der Waals surface area contributed by atoms with Crippen LogP contribution in [0.25, 0.3) is 0 Å². The Morgan fingerprint density at radius 3 is 2.24 bits per heavy atom. The number of alkyl halides is 3. The van der Waals surface area contributed by atoms with Crippen LogP contribution in [0.3, 0.4) is 0 Å². The van der Waals surface area contributed by atoms with E-state index in [0.29, 0.717) is 40.1 Å². The van der Waals surface area contributed by atoms with E-state index in [2.05, 4.69) is 5.32 Å². The first-order valence-corrected chi connectivity index (χ1v) is 9.73. The number of hydrogen-bond acceptors (Lipinski definition) is 5. The van der Waals surface area contributed by atoms with E-state index in [1.54, 1.807) is 36.4 Å². The number of esters is 1. The van der Waals surface area contributed by atoms with Gasteiger partial charge in [-0.3, -0.25) is 14.4 Å². The van der Waals surface area contributed by atoms with E-state index in [4.69, 9.17) is 9.47 Å². The molecule has 0 aliphatic rings. The van der Waals surface area contributed by atoms with Crippen LogP contribution < -0.4 is 15.6 Å². The molecular weight excluding hydrogens is 441 g/mol. The quantitative estimate of drug-likeness (QED) is 0.534. The summed E-state index contributed by atoms with van der Waals surface area (Å²) in [5.74, 6) is -0.498. The van der Waals surface area contributed by atoms with E-state index in [1.807, 2.05) is 18.2 Å². The van der Waals surface area contributed by atoms with Crippen LogP contribution in [0.4, 0.5) is 18.9 Å². The van der Waals surface area contributed by atoms with Crippen molar-refractivity contribution in [2.45, 2.75) is 25.7 Å². The fraction of sp³-hybridized carbons (Fsp3) is 0.174. The number of pyridine rings is 1. The van der Waals surface area contributed by atoms with Crippen molar-refractivity contribution < 1.29 is 32.2 Å². The molecule has 3 aromatic rings. The van der Waals surface area contributed by atoms with Gasteiger partial charge in [-0.15, -0.1) is 0 Å². The van der Waals surface area contributed by atoms with Crippen molar-refractivity contribution in [1.82, 2.24) is 4.57 Å². The highest BCUT2D eigenvalue weighted by atomic mass is 19.4. The fourth-order valence-electron chi connectivity index (χ4n) is 2.72. The maximum atomic E-state index is 12.8. The Bertz CT molecular complexity index is 1180. The maximum Gasteiger partial charge on any atom is 0.417 e. The number of amides is 1. The Morgan fingerprint density at radius 2 is 1.61 bits per heavy atom. The molecule has 0 saturated carbocycles. The van der Waals surface area contributed by atoms with Gasteiger partial charge in [0.25, 0.3) is 11.5 Å². The third-order valence-corrected chi connectivity index (χ3v) is 4.39. The predicted molar refractivity (Wildman–Crippen MR) is 113 cm³/mol. The SMILES string of the molecule is CC(OC(=O)Cn1cc(C(F)(F)F)ccc1=O)C(=O)Nc1ccc(Oc2ccccc2)cc1. The molecule has 2 aromatic carbocycles. The summed E-state index contributed by atoms with van der Waals surface area (Å²) in [6.45, 7) is 0.529. The zero-order chi connectivity index (χ0) is 24.0. The van der Waals surface area contributed by atoms with Gasteiger partial charge in [0, 0.05) is 18.0 Å². The Labute approximate surface area is 186 Å². The maximum absolute atomic E-state index is 12.8. The minimum absolute atomic E-state index is 0.414. The molecule has 1 atom stereocenters. The second-order valence-corrected chi connectivity index (χ2v) is 6.94. The third kappa shape index (κ3) is 6.70. The lowest BCUT2D eigenvalue weighted by Crippen LogP contribution is -2.33. The molecule has 0 fully saturated rings. The summed E-state index contributed by atoms with van der Waals surface area (Å²) >= 11 is 0. The molecule has 0 spiro atoms. The Balaban J connectivity index is 1.55. The number of anilines is 1. The van der Waals surface area contributed by atoms with E-state index >= 15 is 0 Å². The molecule has 0 aliphatic heterocycles. The first-order valence-electron chi connectivity index (χ1n) is 9.73. The number of para-hydroxylation sites is 1. The number of benzene rings is 2. The number of hydrogen-bond donors (Lipinski definition) is 1. The largest absolute Gasteiger partial charge is 0.457 e. The van der Waals surface area contributed by atoms with Crippen molar-refractivity contribution in [1.29, 1.82) is 0 Å². The standard InChI is InChI=1S/C23H19F3N2O5/c1-15(32-21(30)14-28-13-16(23(24,25)26)7-12-20(28)29)22(31)27-17-8-10-19(11-9-17)33-18-5-3-2-4-6-18/h2-13,15H,14H2,1H3,(H,27,31). The molecule has 1 aromatic heterocycles. The van der Waals surface area contributed by atoms with Gasteiger partial charge in [-0.05, 0) is 49.4 Å². The molecule has 172 valence electrons. The Kier molecular flexibility index (Phi) is 7.17. The summed E-state index contributed by atoms with van der Waals surface area (Å²) < 4.78 is 49.6. The zero-order valence-electron chi connectivity index (χ0n) is 17.3. The zero-order valence-corrected chi connectivity index (χ0v) is 17.3. The van der Waals surface area contributed by atoms with Crippen molar-refractivity contribution in [2.75, 3.05) is 5.32 Å². The molecule has 7 nitrogen and oxygen atoms in total. The highest BCUT2D eigenvalue weighted by Gasteiger charge is 2.31. The van der Waals surface area contributed by atoms with E-state index in [1.165, 1.54) is 6.92 Å². The molecule has 1 N–H and O–H groups in total. The van der Waals surface area contributed by atoms with E-state index in [-0.39, 0.29) is 0 Å².